The molecule has 0 atom stereocenters. The third kappa shape index (κ3) is 4.79. The van der Waals surface area contributed by atoms with E-state index in [-0.39, 0.29) is 6.61 Å². The van der Waals surface area contributed by atoms with Crippen LogP contribution in [0.25, 0.3) is 10.9 Å². The van der Waals surface area contributed by atoms with E-state index in [9.17, 15) is 5.11 Å². The number of aliphatic hydroxyl groups is 1. The molecule has 32 heavy (non-hydrogen) atoms. The molecule has 0 saturated carbocycles. The SMILES string of the molecule is OCc1cc2cnc(Nc3ccc(CN4CCNCC4)cn3)nc2c(N2CCCCC2)n1. The summed E-state index contributed by atoms with van der Waals surface area (Å²) in [5.74, 6) is 2.04. The molecule has 168 valence electrons. The second kappa shape index (κ2) is 9.72. The second-order valence-electron chi connectivity index (χ2n) is 8.48. The number of anilines is 3. The van der Waals surface area contributed by atoms with Crippen LogP contribution in [-0.4, -0.2) is 69.2 Å². The fraction of sp³-hybridized carbons (Fsp3) is 0.478. The van der Waals surface area contributed by atoms with Crippen molar-refractivity contribution in [1.29, 1.82) is 0 Å². The van der Waals surface area contributed by atoms with Gasteiger partial charge in [0.15, 0.2) is 5.82 Å². The highest BCUT2D eigenvalue weighted by Crippen LogP contribution is 2.27. The highest BCUT2D eigenvalue weighted by molar-refractivity contribution is 5.89. The van der Waals surface area contributed by atoms with Crippen LogP contribution in [0.5, 0.6) is 0 Å². The molecule has 2 aliphatic rings. The first kappa shape index (κ1) is 21.0. The summed E-state index contributed by atoms with van der Waals surface area (Å²) < 4.78 is 0. The van der Waals surface area contributed by atoms with Gasteiger partial charge >= 0.3 is 0 Å². The van der Waals surface area contributed by atoms with Crippen molar-refractivity contribution in [2.45, 2.75) is 32.4 Å². The number of nitrogens with zero attached hydrogens (tertiary/aromatic N) is 6. The highest BCUT2D eigenvalue weighted by Gasteiger charge is 2.18. The number of hydrogen-bond acceptors (Lipinski definition) is 9. The molecule has 5 heterocycles. The van der Waals surface area contributed by atoms with Crippen LogP contribution in [0.2, 0.25) is 0 Å². The molecule has 0 spiro atoms. The van der Waals surface area contributed by atoms with Gasteiger partial charge in [0.2, 0.25) is 5.95 Å². The minimum absolute atomic E-state index is 0.0962. The number of piperidine rings is 1. The van der Waals surface area contributed by atoms with Gasteiger partial charge in [-0.2, -0.15) is 0 Å². The van der Waals surface area contributed by atoms with E-state index in [2.05, 4.69) is 36.5 Å². The van der Waals surface area contributed by atoms with Crippen molar-refractivity contribution >= 4 is 28.5 Å². The average molecular weight is 435 g/mol. The molecule has 0 aliphatic carbocycles. The van der Waals surface area contributed by atoms with Crippen molar-refractivity contribution in [3.05, 3.63) is 41.9 Å². The van der Waals surface area contributed by atoms with Crippen LogP contribution in [0, 0.1) is 0 Å². The van der Waals surface area contributed by atoms with Crippen LogP contribution < -0.4 is 15.5 Å². The Kier molecular flexibility index (Phi) is 6.38. The van der Waals surface area contributed by atoms with Gasteiger partial charge in [0.25, 0.3) is 0 Å². The van der Waals surface area contributed by atoms with E-state index in [4.69, 9.17) is 9.97 Å². The van der Waals surface area contributed by atoms with Gasteiger partial charge < -0.3 is 20.6 Å². The predicted octanol–water partition coefficient (Wildman–Crippen LogP) is 2.05. The summed E-state index contributed by atoms with van der Waals surface area (Å²) in [4.78, 5) is 23.2. The van der Waals surface area contributed by atoms with Crippen molar-refractivity contribution < 1.29 is 5.11 Å². The van der Waals surface area contributed by atoms with Crippen LogP contribution in [-0.2, 0) is 13.2 Å². The lowest BCUT2D eigenvalue weighted by Crippen LogP contribution is -2.42. The average Bonchev–Trinajstić information content (AvgIpc) is 2.86. The first-order chi connectivity index (χ1) is 15.8. The number of hydrogen-bond donors (Lipinski definition) is 3. The molecule has 3 aromatic heterocycles. The molecular weight excluding hydrogens is 404 g/mol. The molecule has 9 heteroatoms. The van der Waals surface area contributed by atoms with E-state index in [0.29, 0.717) is 17.5 Å². The Morgan fingerprint density at radius 3 is 2.56 bits per heavy atom. The van der Waals surface area contributed by atoms with Gasteiger partial charge in [0, 0.05) is 63.6 Å². The summed E-state index contributed by atoms with van der Waals surface area (Å²) >= 11 is 0. The van der Waals surface area contributed by atoms with Crippen molar-refractivity contribution in [3.8, 4) is 0 Å². The molecule has 0 radical (unpaired) electrons. The maximum absolute atomic E-state index is 9.65. The fourth-order valence-corrected chi connectivity index (χ4v) is 4.38. The third-order valence-electron chi connectivity index (χ3n) is 6.10. The lowest BCUT2D eigenvalue weighted by Gasteiger charge is -2.28. The van der Waals surface area contributed by atoms with E-state index < -0.39 is 0 Å². The lowest BCUT2D eigenvalue weighted by molar-refractivity contribution is 0.233. The molecule has 5 rings (SSSR count). The van der Waals surface area contributed by atoms with Crippen molar-refractivity contribution in [3.63, 3.8) is 0 Å². The Labute approximate surface area is 187 Å². The van der Waals surface area contributed by atoms with Gasteiger partial charge in [-0.15, -0.1) is 0 Å². The van der Waals surface area contributed by atoms with Gasteiger partial charge in [0.05, 0.1) is 12.3 Å². The molecule has 2 fully saturated rings. The smallest absolute Gasteiger partial charge is 0.229 e. The lowest BCUT2D eigenvalue weighted by atomic mass is 10.1. The molecule has 0 bridgehead atoms. The Morgan fingerprint density at radius 2 is 1.81 bits per heavy atom. The molecule has 2 saturated heterocycles. The summed E-state index contributed by atoms with van der Waals surface area (Å²) in [5, 5.41) is 17.1. The second-order valence-corrected chi connectivity index (χ2v) is 8.48. The van der Waals surface area contributed by atoms with Crippen molar-refractivity contribution in [2.24, 2.45) is 0 Å². The Bertz CT molecular complexity index is 1050. The van der Waals surface area contributed by atoms with E-state index in [0.717, 1.165) is 75.4 Å². The first-order valence-corrected chi connectivity index (χ1v) is 11.5. The normalized spacial score (nSPS) is 17.6. The zero-order chi connectivity index (χ0) is 21.8. The molecule has 9 nitrogen and oxygen atoms in total. The predicted molar refractivity (Wildman–Crippen MR) is 125 cm³/mol. The van der Waals surface area contributed by atoms with Crippen LogP contribution >= 0.6 is 0 Å². The number of pyridine rings is 2. The first-order valence-electron chi connectivity index (χ1n) is 11.5. The Morgan fingerprint density at radius 1 is 0.969 bits per heavy atom. The van der Waals surface area contributed by atoms with Crippen molar-refractivity contribution in [2.75, 3.05) is 49.5 Å². The van der Waals surface area contributed by atoms with E-state index in [1.165, 1.54) is 12.0 Å². The molecule has 3 N–H and O–H groups in total. The third-order valence-corrected chi connectivity index (χ3v) is 6.10. The summed E-state index contributed by atoms with van der Waals surface area (Å²) in [6.07, 6.45) is 7.24. The van der Waals surface area contributed by atoms with Gasteiger partial charge in [-0.25, -0.2) is 19.9 Å². The van der Waals surface area contributed by atoms with Gasteiger partial charge in [-0.3, -0.25) is 4.90 Å². The van der Waals surface area contributed by atoms with Crippen molar-refractivity contribution in [1.82, 2.24) is 30.2 Å². The molecule has 3 aromatic rings. The Balaban J connectivity index is 1.36. The fourth-order valence-electron chi connectivity index (χ4n) is 4.38. The van der Waals surface area contributed by atoms with E-state index in [1.807, 2.05) is 18.3 Å². The number of nitrogens with one attached hydrogen (secondary N) is 2. The number of rotatable bonds is 6. The molecule has 0 unspecified atom stereocenters. The summed E-state index contributed by atoms with van der Waals surface area (Å²) in [6, 6.07) is 5.94. The van der Waals surface area contributed by atoms with Crippen LogP contribution in [0.3, 0.4) is 0 Å². The monoisotopic (exact) mass is 434 g/mol. The van der Waals surface area contributed by atoms with Gasteiger partial charge in [-0.05, 0) is 37.0 Å². The quantitative estimate of drug-likeness (QED) is 0.538. The minimum Gasteiger partial charge on any atom is -0.390 e. The standard InChI is InChI=1S/C23H30N8O/c32-16-19-12-18-14-26-23(29-21(18)22(27-19)31-8-2-1-3-9-31)28-20-5-4-17(13-25-20)15-30-10-6-24-7-11-30/h4-5,12-14,24,32H,1-3,6-11,15-16H2,(H,25,26,28,29). The molecule has 2 aliphatic heterocycles. The maximum Gasteiger partial charge on any atom is 0.229 e. The zero-order valence-electron chi connectivity index (χ0n) is 18.3. The minimum atomic E-state index is -0.0962. The summed E-state index contributed by atoms with van der Waals surface area (Å²) in [5.41, 5.74) is 2.64. The number of fused-ring (bicyclic) bond motifs is 1. The molecule has 0 amide bonds. The van der Waals surface area contributed by atoms with Gasteiger partial charge in [-0.1, -0.05) is 6.07 Å². The molecule has 0 aromatic carbocycles. The topological polar surface area (TPSA) is 102 Å². The summed E-state index contributed by atoms with van der Waals surface area (Å²) in [6.45, 7) is 6.95. The van der Waals surface area contributed by atoms with Crippen LogP contribution in [0.15, 0.2) is 30.6 Å². The zero-order valence-corrected chi connectivity index (χ0v) is 18.3. The van der Waals surface area contributed by atoms with Crippen LogP contribution in [0.1, 0.15) is 30.5 Å². The summed E-state index contributed by atoms with van der Waals surface area (Å²) in [7, 11) is 0. The van der Waals surface area contributed by atoms with E-state index in [1.54, 1.807) is 6.20 Å². The van der Waals surface area contributed by atoms with Gasteiger partial charge in [0.1, 0.15) is 11.3 Å². The Hall–Kier alpha value is -2.88. The molecular formula is C23H30N8O. The van der Waals surface area contributed by atoms with E-state index >= 15 is 0 Å². The van der Waals surface area contributed by atoms with Crippen LogP contribution in [0.4, 0.5) is 17.6 Å². The number of aromatic nitrogens is 4. The largest absolute Gasteiger partial charge is 0.390 e. The highest BCUT2D eigenvalue weighted by atomic mass is 16.3. The maximum atomic E-state index is 9.65. The number of piperazine rings is 1. The number of aliphatic hydroxyl groups excluding tert-OH is 1.